The summed E-state index contributed by atoms with van der Waals surface area (Å²) in [6.45, 7) is 2.14. The van der Waals surface area contributed by atoms with Crippen LogP contribution in [0.5, 0.6) is 11.5 Å². The van der Waals surface area contributed by atoms with Gasteiger partial charge in [0.15, 0.2) is 0 Å². The Morgan fingerprint density at radius 3 is 2.76 bits per heavy atom. The number of ether oxygens (including phenoxy) is 2. The fourth-order valence-electron chi connectivity index (χ4n) is 2.96. The number of methoxy groups -OCH3 is 2. The first-order valence-electron chi connectivity index (χ1n) is 7.31. The van der Waals surface area contributed by atoms with Gasteiger partial charge in [0, 0.05) is 6.07 Å². The Kier molecular flexibility index (Phi) is 4.73. The van der Waals surface area contributed by atoms with E-state index in [-0.39, 0.29) is 5.91 Å². The van der Waals surface area contributed by atoms with E-state index < -0.39 is 5.54 Å². The van der Waals surface area contributed by atoms with Crippen molar-refractivity contribution < 1.29 is 14.3 Å². The highest BCUT2D eigenvalue weighted by Crippen LogP contribution is 2.34. The summed E-state index contributed by atoms with van der Waals surface area (Å²) in [4.78, 5) is 12.6. The highest BCUT2D eigenvalue weighted by Gasteiger charge is 2.38. The molecule has 21 heavy (non-hydrogen) atoms. The predicted octanol–water partition coefficient (Wildman–Crippen LogP) is 2.55. The fraction of sp³-hybridized carbons (Fsp3) is 0.562. The highest BCUT2D eigenvalue weighted by molar-refractivity contribution is 5.99. The molecule has 3 N–H and O–H groups in total. The van der Waals surface area contributed by atoms with E-state index in [1.165, 1.54) is 0 Å². The van der Waals surface area contributed by atoms with Gasteiger partial charge in [0.05, 0.1) is 25.4 Å². The van der Waals surface area contributed by atoms with Gasteiger partial charge in [0.2, 0.25) is 5.91 Å². The van der Waals surface area contributed by atoms with Crippen molar-refractivity contribution in [3.8, 4) is 11.5 Å². The minimum absolute atomic E-state index is 0.152. The molecule has 0 spiro atoms. The van der Waals surface area contributed by atoms with E-state index in [9.17, 15) is 4.79 Å². The van der Waals surface area contributed by atoms with E-state index in [2.05, 4.69) is 12.2 Å². The zero-order valence-corrected chi connectivity index (χ0v) is 12.9. The first-order valence-corrected chi connectivity index (χ1v) is 7.31. The molecule has 1 aromatic rings. The molecule has 0 aliphatic heterocycles. The quantitative estimate of drug-likeness (QED) is 0.894. The number of hydrogen-bond acceptors (Lipinski definition) is 4. The van der Waals surface area contributed by atoms with Crippen LogP contribution in [-0.2, 0) is 4.79 Å². The Morgan fingerprint density at radius 1 is 1.38 bits per heavy atom. The first kappa shape index (κ1) is 15.6. The molecule has 2 atom stereocenters. The van der Waals surface area contributed by atoms with Crippen molar-refractivity contribution in [2.45, 2.75) is 38.1 Å². The molecule has 1 fully saturated rings. The summed E-state index contributed by atoms with van der Waals surface area (Å²) >= 11 is 0. The van der Waals surface area contributed by atoms with Crippen molar-refractivity contribution in [3.05, 3.63) is 18.2 Å². The van der Waals surface area contributed by atoms with Gasteiger partial charge in [-0.15, -0.1) is 0 Å². The molecule has 0 heterocycles. The number of rotatable bonds is 4. The molecular formula is C16H24N2O3. The molecule has 0 aromatic heterocycles. The minimum atomic E-state index is -0.800. The summed E-state index contributed by atoms with van der Waals surface area (Å²) in [7, 11) is 3.15. The van der Waals surface area contributed by atoms with Crippen molar-refractivity contribution in [3.63, 3.8) is 0 Å². The van der Waals surface area contributed by atoms with Gasteiger partial charge in [-0.05, 0) is 30.9 Å². The third-order valence-corrected chi connectivity index (χ3v) is 4.14. The molecule has 1 aliphatic carbocycles. The predicted molar refractivity (Wildman–Crippen MR) is 82.7 cm³/mol. The molecule has 1 aliphatic rings. The zero-order valence-electron chi connectivity index (χ0n) is 12.9. The number of nitrogens with two attached hydrogens (primary N) is 1. The third kappa shape index (κ3) is 3.47. The van der Waals surface area contributed by atoms with E-state index in [1.54, 1.807) is 32.4 Å². The van der Waals surface area contributed by atoms with Crippen molar-refractivity contribution in [1.82, 2.24) is 0 Å². The van der Waals surface area contributed by atoms with E-state index in [1.807, 2.05) is 0 Å². The van der Waals surface area contributed by atoms with Gasteiger partial charge in [0.25, 0.3) is 0 Å². The Labute approximate surface area is 125 Å². The van der Waals surface area contributed by atoms with Crippen LogP contribution >= 0.6 is 0 Å². The maximum atomic E-state index is 12.6. The normalized spacial score (nSPS) is 25.2. The summed E-state index contributed by atoms with van der Waals surface area (Å²) in [5.41, 5.74) is 6.11. The average Bonchev–Trinajstić information content (AvgIpc) is 2.46. The first-order chi connectivity index (χ1) is 9.98. The summed E-state index contributed by atoms with van der Waals surface area (Å²) in [6.07, 6.45) is 3.55. The second-order valence-corrected chi connectivity index (χ2v) is 5.88. The Balaban J connectivity index is 2.18. The average molecular weight is 292 g/mol. The van der Waals surface area contributed by atoms with Crippen LogP contribution in [0.1, 0.15) is 32.6 Å². The molecule has 1 aromatic carbocycles. The Bertz CT molecular complexity index is 518. The van der Waals surface area contributed by atoms with Gasteiger partial charge in [0.1, 0.15) is 11.5 Å². The molecule has 1 amide bonds. The van der Waals surface area contributed by atoms with Crippen molar-refractivity contribution in [2.75, 3.05) is 19.5 Å². The molecule has 0 radical (unpaired) electrons. The number of anilines is 1. The van der Waals surface area contributed by atoms with E-state index in [4.69, 9.17) is 15.2 Å². The van der Waals surface area contributed by atoms with Gasteiger partial charge in [-0.25, -0.2) is 0 Å². The lowest BCUT2D eigenvalue weighted by Gasteiger charge is -2.35. The molecule has 1 saturated carbocycles. The number of carbonyl (C=O) groups is 1. The van der Waals surface area contributed by atoms with Crippen molar-refractivity contribution in [1.29, 1.82) is 0 Å². The minimum Gasteiger partial charge on any atom is -0.497 e. The van der Waals surface area contributed by atoms with E-state index in [0.29, 0.717) is 29.5 Å². The maximum Gasteiger partial charge on any atom is 0.244 e. The third-order valence-electron chi connectivity index (χ3n) is 4.14. The standard InChI is InChI=1S/C16H24N2O3/c1-11-5-4-8-16(17,10-11)15(19)18-13-9-12(20-2)6-7-14(13)21-3/h6-7,9,11H,4-5,8,10,17H2,1-3H3,(H,18,19). The van der Waals surface area contributed by atoms with Crippen molar-refractivity contribution in [2.24, 2.45) is 11.7 Å². The second-order valence-electron chi connectivity index (χ2n) is 5.88. The van der Waals surface area contributed by atoms with Gasteiger partial charge in [-0.2, -0.15) is 0 Å². The number of benzene rings is 1. The lowest BCUT2D eigenvalue weighted by atomic mass is 9.76. The molecule has 116 valence electrons. The van der Waals surface area contributed by atoms with Gasteiger partial charge >= 0.3 is 0 Å². The summed E-state index contributed by atoms with van der Waals surface area (Å²) in [5.74, 6) is 1.58. The smallest absolute Gasteiger partial charge is 0.244 e. The van der Waals surface area contributed by atoms with Crippen LogP contribution in [0.15, 0.2) is 18.2 Å². The zero-order chi connectivity index (χ0) is 15.5. The van der Waals surface area contributed by atoms with Crippen LogP contribution < -0.4 is 20.5 Å². The highest BCUT2D eigenvalue weighted by atomic mass is 16.5. The van der Waals surface area contributed by atoms with Crippen molar-refractivity contribution >= 4 is 11.6 Å². The lowest BCUT2D eigenvalue weighted by Crippen LogP contribution is -2.53. The van der Waals surface area contributed by atoms with Crippen LogP contribution in [0.4, 0.5) is 5.69 Å². The van der Waals surface area contributed by atoms with Crippen LogP contribution in [0, 0.1) is 5.92 Å². The maximum absolute atomic E-state index is 12.6. The Hall–Kier alpha value is -1.75. The summed E-state index contributed by atoms with van der Waals surface area (Å²) < 4.78 is 10.5. The molecule has 0 bridgehead atoms. The monoisotopic (exact) mass is 292 g/mol. The van der Waals surface area contributed by atoms with E-state index >= 15 is 0 Å². The molecule has 5 heteroatoms. The van der Waals surface area contributed by atoms with E-state index in [0.717, 1.165) is 19.3 Å². The molecular weight excluding hydrogens is 268 g/mol. The fourth-order valence-corrected chi connectivity index (χ4v) is 2.96. The molecule has 0 saturated heterocycles. The molecule has 2 rings (SSSR count). The topological polar surface area (TPSA) is 73.6 Å². The summed E-state index contributed by atoms with van der Waals surface area (Å²) in [6, 6.07) is 5.29. The Morgan fingerprint density at radius 2 is 2.14 bits per heavy atom. The lowest BCUT2D eigenvalue weighted by molar-refractivity contribution is -0.122. The van der Waals surface area contributed by atoms with Crippen LogP contribution in [0.25, 0.3) is 0 Å². The number of hydrogen-bond donors (Lipinski definition) is 2. The van der Waals surface area contributed by atoms with Gasteiger partial charge in [-0.1, -0.05) is 19.8 Å². The number of carbonyl (C=O) groups excluding carboxylic acids is 1. The van der Waals surface area contributed by atoms with Crippen LogP contribution in [0.3, 0.4) is 0 Å². The van der Waals surface area contributed by atoms with Crippen LogP contribution in [-0.4, -0.2) is 25.7 Å². The second kappa shape index (κ2) is 6.35. The SMILES string of the molecule is COc1ccc(OC)c(NC(=O)C2(N)CCCC(C)C2)c1. The number of nitrogens with one attached hydrogen (secondary N) is 1. The number of amides is 1. The van der Waals surface area contributed by atoms with Crippen LogP contribution in [0.2, 0.25) is 0 Å². The largest absolute Gasteiger partial charge is 0.497 e. The molecule has 2 unspecified atom stereocenters. The summed E-state index contributed by atoms with van der Waals surface area (Å²) in [5, 5.41) is 2.90. The van der Waals surface area contributed by atoms with Gasteiger partial charge in [-0.3, -0.25) is 4.79 Å². The molecule has 5 nitrogen and oxygen atoms in total. The van der Waals surface area contributed by atoms with Gasteiger partial charge < -0.3 is 20.5 Å².